The molecule has 24 heavy (non-hydrogen) atoms. The molecule has 12 heteroatoms. The minimum atomic E-state index is -4.49. The summed E-state index contributed by atoms with van der Waals surface area (Å²) >= 11 is 0.783. The lowest BCUT2D eigenvalue weighted by molar-refractivity contribution is -0.142. The van der Waals surface area contributed by atoms with Gasteiger partial charge >= 0.3 is 12.1 Å². The number of carbonyl (C=O) groups is 1. The molecule has 2 aromatic rings. The van der Waals surface area contributed by atoms with Crippen molar-refractivity contribution in [3.8, 4) is 0 Å². The summed E-state index contributed by atoms with van der Waals surface area (Å²) in [5.74, 6) is -1.55. The summed E-state index contributed by atoms with van der Waals surface area (Å²) in [6.45, 7) is 1.44. The number of hydrogen-bond donors (Lipinski definition) is 2. The molecule has 0 radical (unpaired) electrons. The van der Waals surface area contributed by atoms with E-state index in [1.807, 2.05) is 0 Å². The SMILES string of the molecule is Cc1sc(C(=O)O)cc1S(=O)(=O)Nc1cc(C)n(CC(F)(F)F)n1. The highest BCUT2D eigenvalue weighted by molar-refractivity contribution is 7.93. The van der Waals surface area contributed by atoms with Crippen molar-refractivity contribution in [3.05, 3.63) is 27.6 Å². The van der Waals surface area contributed by atoms with Crippen LogP contribution in [0.3, 0.4) is 0 Å². The van der Waals surface area contributed by atoms with Crippen molar-refractivity contribution < 1.29 is 31.5 Å². The van der Waals surface area contributed by atoms with Crippen molar-refractivity contribution in [1.29, 1.82) is 0 Å². The highest BCUT2D eigenvalue weighted by Gasteiger charge is 2.30. The maximum atomic E-state index is 12.4. The van der Waals surface area contributed by atoms with Gasteiger partial charge in [0.2, 0.25) is 0 Å². The third-order valence-electron chi connectivity index (χ3n) is 2.92. The Bertz CT molecular complexity index is 884. The van der Waals surface area contributed by atoms with Gasteiger partial charge in [0.15, 0.2) is 5.82 Å². The Balaban J connectivity index is 2.30. The minimum absolute atomic E-state index is 0.123. The van der Waals surface area contributed by atoms with Gasteiger partial charge in [-0.1, -0.05) is 0 Å². The predicted molar refractivity (Wildman–Crippen MR) is 79.8 cm³/mol. The lowest BCUT2D eigenvalue weighted by Crippen LogP contribution is -2.20. The van der Waals surface area contributed by atoms with Crippen LogP contribution in [-0.2, 0) is 16.6 Å². The van der Waals surface area contributed by atoms with E-state index in [0.29, 0.717) is 4.68 Å². The molecule has 0 aliphatic rings. The Morgan fingerprint density at radius 1 is 1.38 bits per heavy atom. The monoisotopic (exact) mass is 383 g/mol. The molecule has 0 aliphatic heterocycles. The number of carboxylic acids is 1. The fourth-order valence-electron chi connectivity index (χ4n) is 1.92. The Kier molecular flexibility index (Phi) is 4.63. The summed E-state index contributed by atoms with van der Waals surface area (Å²) in [5, 5.41) is 12.5. The number of carboxylic acid groups (broad SMARTS) is 1. The molecule has 132 valence electrons. The first kappa shape index (κ1) is 18.3. The van der Waals surface area contributed by atoms with E-state index >= 15 is 0 Å². The largest absolute Gasteiger partial charge is 0.477 e. The van der Waals surface area contributed by atoms with Crippen LogP contribution in [0.1, 0.15) is 20.2 Å². The van der Waals surface area contributed by atoms with Crippen molar-refractivity contribution in [1.82, 2.24) is 9.78 Å². The number of sulfonamides is 1. The second-order valence-electron chi connectivity index (χ2n) is 4.89. The minimum Gasteiger partial charge on any atom is -0.477 e. The second kappa shape index (κ2) is 6.09. The Morgan fingerprint density at radius 2 is 2.00 bits per heavy atom. The molecule has 0 saturated carbocycles. The Hall–Kier alpha value is -2.08. The number of aromatic nitrogens is 2. The van der Waals surface area contributed by atoms with Crippen LogP contribution >= 0.6 is 11.3 Å². The molecule has 2 heterocycles. The number of nitrogens with zero attached hydrogens (tertiary/aromatic N) is 2. The van der Waals surface area contributed by atoms with Gasteiger partial charge in [0.1, 0.15) is 16.3 Å². The van der Waals surface area contributed by atoms with Crippen LogP contribution in [0.25, 0.3) is 0 Å². The van der Waals surface area contributed by atoms with E-state index in [2.05, 4.69) is 9.82 Å². The molecular weight excluding hydrogens is 371 g/mol. The number of alkyl halides is 3. The van der Waals surface area contributed by atoms with Crippen molar-refractivity contribution in [2.45, 2.75) is 31.5 Å². The number of hydrogen-bond acceptors (Lipinski definition) is 5. The molecule has 2 aromatic heterocycles. The van der Waals surface area contributed by atoms with Gasteiger partial charge < -0.3 is 5.11 Å². The molecular formula is C12H12F3N3O4S2. The lowest BCUT2D eigenvalue weighted by atomic mass is 10.4. The third-order valence-corrected chi connectivity index (χ3v) is 5.57. The molecule has 2 N–H and O–H groups in total. The summed E-state index contributed by atoms with van der Waals surface area (Å²) in [7, 11) is -4.16. The van der Waals surface area contributed by atoms with E-state index in [4.69, 9.17) is 5.11 Å². The average molecular weight is 383 g/mol. The second-order valence-corrected chi connectivity index (χ2v) is 7.79. The van der Waals surface area contributed by atoms with Gasteiger partial charge in [-0.15, -0.1) is 11.3 Å². The fourth-order valence-corrected chi connectivity index (χ4v) is 4.34. The maximum absolute atomic E-state index is 12.4. The first-order valence-corrected chi connectivity index (χ1v) is 8.67. The van der Waals surface area contributed by atoms with E-state index in [-0.39, 0.29) is 26.2 Å². The molecule has 0 amide bonds. The first-order chi connectivity index (χ1) is 10.9. The van der Waals surface area contributed by atoms with Gasteiger partial charge in [-0.05, 0) is 19.9 Å². The van der Waals surface area contributed by atoms with Crippen molar-refractivity contribution in [2.75, 3.05) is 4.72 Å². The molecule has 0 saturated heterocycles. The van der Waals surface area contributed by atoms with Crippen LogP contribution in [0, 0.1) is 13.8 Å². The zero-order chi connectivity index (χ0) is 18.3. The zero-order valence-corrected chi connectivity index (χ0v) is 14.0. The molecule has 0 unspecified atom stereocenters. The van der Waals surface area contributed by atoms with Gasteiger partial charge in [-0.3, -0.25) is 9.40 Å². The number of nitrogens with one attached hydrogen (secondary N) is 1. The van der Waals surface area contributed by atoms with Crippen LogP contribution in [0.5, 0.6) is 0 Å². The number of rotatable bonds is 5. The van der Waals surface area contributed by atoms with Crippen LogP contribution in [-0.4, -0.2) is 35.5 Å². The van der Waals surface area contributed by atoms with Crippen LogP contribution < -0.4 is 4.72 Å². The highest BCUT2D eigenvalue weighted by atomic mass is 32.2. The molecule has 0 bridgehead atoms. The molecule has 0 aromatic carbocycles. The summed E-state index contributed by atoms with van der Waals surface area (Å²) in [4.78, 5) is 10.7. The lowest BCUT2D eigenvalue weighted by Gasteiger charge is -2.07. The normalized spacial score (nSPS) is 12.4. The third kappa shape index (κ3) is 4.06. The van der Waals surface area contributed by atoms with Crippen molar-refractivity contribution in [2.24, 2.45) is 0 Å². The van der Waals surface area contributed by atoms with E-state index in [9.17, 15) is 26.4 Å². The first-order valence-electron chi connectivity index (χ1n) is 6.37. The van der Waals surface area contributed by atoms with Gasteiger partial charge in [-0.25, -0.2) is 13.2 Å². The van der Waals surface area contributed by atoms with Crippen molar-refractivity contribution in [3.63, 3.8) is 0 Å². The molecule has 0 aliphatic carbocycles. The van der Waals surface area contributed by atoms with Crippen LogP contribution in [0.4, 0.5) is 19.0 Å². The van der Waals surface area contributed by atoms with E-state index in [0.717, 1.165) is 23.5 Å². The van der Waals surface area contributed by atoms with E-state index in [1.54, 1.807) is 0 Å². The molecule has 0 spiro atoms. The zero-order valence-electron chi connectivity index (χ0n) is 12.4. The highest BCUT2D eigenvalue weighted by Crippen LogP contribution is 2.27. The topological polar surface area (TPSA) is 101 Å². The van der Waals surface area contributed by atoms with Gasteiger partial charge in [0, 0.05) is 16.6 Å². The summed E-state index contributed by atoms with van der Waals surface area (Å²) in [6, 6.07) is 2.15. The van der Waals surface area contributed by atoms with Gasteiger partial charge in [0.05, 0.1) is 0 Å². The van der Waals surface area contributed by atoms with Gasteiger partial charge in [-0.2, -0.15) is 18.3 Å². The van der Waals surface area contributed by atoms with E-state index in [1.165, 1.54) is 13.8 Å². The Morgan fingerprint density at radius 3 is 2.50 bits per heavy atom. The quantitative estimate of drug-likeness (QED) is 0.827. The number of thiophene rings is 1. The summed E-state index contributed by atoms with van der Waals surface area (Å²) < 4.78 is 64.5. The van der Waals surface area contributed by atoms with Crippen molar-refractivity contribution >= 4 is 33.1 Å². The number of aromatic carboxylic acids is 1. The fraction of sp³-hybridized carbons (Fsp3) is 0.333. The summed E-state index contributed by atoms with van der Waals surface area (Å²) in [6.07, 6.45) is -4.49. The maximum Gasteiger partial charge on any atom is 0.408 e. The van der Waals surface area contributed by atoms with E-state index < -0.39 is 28.7 Å². The molecule has 7 nitrogen and oxygen atoms in total. The molecule has 2 rings (SSSR count). The summed E-state index contributed by atoms with van der Waals surface area (Å²) in [5.41, 5.74) is 0.123. The number of aryl methyl sites for hydroxylation is 2. The Labute approximate surface area is 138 Å². The predicted octanol–water partition coefficient (Wildman–Crippen LogP) is 2.62. The molecule has 0 fully saturated rings. The number of anilines is 1. The molecule has 0 atom stereocenters. The van der Waals surface area contributed by atoms with Gasteiger partial charge in [0.25, 0.3) is 10.0 Å². The van der Waals surface area contributed by atoms with Crippen LogP contribution in [0.2, 0.25) is 0 Å². The number of halogens is 3. The van der Waals surface area contributed by atoms with Crippen LogP contribution in [0.15, 0.2) is 17.0 Å². The standard InChI is InChI=1S/C12H12F3N3O4S2/c1-6-3-10(16-18(6)5-12(13,14)15)17-24(21,22)9-4-8(11(19)20)23-7(9)2/h3-4H,5H2,1-2H3,(H,16,17)(H,19,20). The smallest absolute Gasteiger partial charge is 0.408 e. The average Bonchev–Trinajstić information content (AvgIpc) is 2.91.